The van der Waals surface area contributed by atoms with Gasteiger partial charge in [-0.25, -0.2) is 4.79 Å². The van der Waals surface area contributed by atoms with Crippen LogP contribution >= 0.6 is 11.6 Å². The summed E-state index contributed by atoms with van der Waals surface area (Å²) in [5.74, 6) is -0.429. The van der Waals surface area contributed by atoms with E-state index in [4.69, 9.17) is 21.1 Å². The molecule has 0 fully saturated rings. The molecule has 0 rings (SSSR count). The number of halogens is 1. The van der Waals surface area contributed by atoms with E-state index in [1.807, 2.05) is 6.92 Å². The zero-order chi connectivity index (χ0) is 11.0. The Hall–Kier alpha value is -0.960. The minimum Gasteiger partial charge on any atom is -0.500 e. The van der Waals surface area contributed by atoms with E-state index < -0.39 is 5.97 Å². The Kier molecular flexibility index (Phi) is 6.93. The van der Waals surface area contributed by atoms with Crippen molar-refractivity contribution in [3.63, 3.8) is 0 Å². The molecule has 1 unspecified atom stereocenters. The fraction of sp³-hybridized carbons (Fsp3) is 0.500. The maximum atomic E-state index is 10.9. The number of carbonyl (C=O) groups is 1. The second kappa shape index (κ2) is 7.44. The van der Waals surface area contributed by atoms with Gasteiger partial charge in [-0.05, 0) is 13.8 Å². The van der Waals surface area contributed by atoms with E-state index >= 15 is 0 Å². The zero-order valence-corrected chi connectivity index (χ0v) is 9.21. The van der Waals surface area contributed by atoms with Gasteiger partial charge < -0.3 is 9.47 Å². The normalized spacial score (nSPS) is 12.5. The van der Waals surface area contributed by atoms with Crippen LogP contribution < -0.4 is 0 Å². The van der Waals surface area contributed by atoms with Crippen molar-refractivity contribution in [2.75, 3.05) is 13.2 Å². The molecular weight excluding hydrogens is 204 g/mol. The smallest absolute Gasteiger partial charge is 0.333 e. The van der Waals surface area contributed by atoms with Crippen LogP contribution in [0.1, 0.15) is 13.8 Å². The molecule has 0 saturated carbocycles. The maximum Gasteiger partial charge on any atom is 0.333 e. The first kappa shape index (κ1) is 13.0. The molecule has 0 radical (unpaired) electrons. The van der Waals surface area contributed by atoms with Crippen molar-refractivity contribution >= 4 is 17.6 Å². The maximum absolute atomic E-state index is 10.9. The molecule has 14 heavy (non-hydrogen) atoms. The summed E-state index contributed by atoms with van der Waals surface area (Å²) in [6, 6.07) is 0. The minimum atomic E-state index is -0.429. The molecule has 0 aromatic carbocycles. The molecule has 0 saturated heterocycles. The average Bonchev–Trinajstić information content (AvgIpc) is 2.14. The fourth-order valence-electron chi connectivity index (χ4n) is 0.594. The number of hydrogen-bond donors (Lipinski definition) is 0. The van der Waals surface area contributed by atoms with Gasteiger partial charge in [-0.3, -0.25) is 0 Å². The highest BCUT2D eigenvalue weighted by molar-refractivity contribution is 6.20. The first-order valence-electron chi connectivity index (χ1n) is 4.27. The monoisotopic (exact) mass is 218 g/mol. The lowest BCUT2D eigenvalue weighted by molar-refractivity contribution is -0.139. The number of ether oxygens (including phenoxy) is 2. The van der Waals surface area contributed by atoms with Crippen LogP contribution in [0, 0.1) is 0 Å². The molecule has 0 aliphatic rings. The molecule has 0 aromatic rings. The van der Waals surface area contributed by atoms with Gasteiger partial charge in [-0.2, -0.15) is 0 Å². The van der Waals surface area contributed by atoms with E-state index in [0.29, 0.717) is 12.2 Å². The van der Waals surface area contributed by atoms with Crippen molar-refractivity contribution in [3.05, 3.63) is 24.5 Å². The molecule has 0 aliphatic heterocycles. The Morgan fingerprint density at radius 2 is 2.21 bits per heavy atom. The largest absolute Gasteiger partial charge is 0.500 e. The quantitative estimate of drug-likeness (QED) is 0.297. The van der Waals surface area contributed by atoms with Gasteiger partial charge in [0, 0.05) is 5.57 Å². The molecule has 0 amide bonds. The van der Waals surface area contributed by atoms with Gasteiger partial charge in [0.05, 0.1) is 6.26 Å². The van der Waals surface area contributed by atoms with E-state index in [-0.39, 0.29) is 12.0 Å². The summed E-state index contributed by atoms with van der Waals surface area (Å²) in [7, 11) is 0. The van der Waals surface area contributed by atoms with Crippen LogP contribution in [0.5, 0.6) is 0 Å². The Balaban J connectivity index is 3.58. The molecule has 0 N–H and O–H groups in total. The van der Waals surface area contributed by atoms with Crippen molar-refractivity contribution < 1.29 is 14.3 Å². The SMILES string of the molecule is C=C(C)C(=O)OCC(Cl)COC=CC. The number of carbonyl (C=O) groups excluding carboxylic acids is 1. The summed E-state index contributed by atoms with van der Waals surface area (Å²) < 4.78 is 9.83. The van der Waals surface area contributed by atoms with Crippen molar-refractivity contribution in [1.82, 2.24) is 0 Å². The number of rotatable bonds is 6. The van der Waals surface area contributed by atoms with Crippen LogP contribution in [0.4, 0.5) is 0 Å². The Bertz CT molecular complexity index is 223. The molecule has 0 spiro atoms. The molecule has 0 bridgehead atoms. The summed E-state index contributed by atoms with van der Waals surface area (Å²) in [6.45, 7) is 7.32. The van der Waals surface area contributed by atoms with E-state index in [9.17, 15) is 4.79 Å². The molecular formula is C10H15ClO3. The average molecular weight is 219 g/mol. The van der Waals surface area contributed by atoms with Gasteiger partial charge in [0.2, 0.25) is 0 Å². The second-order valence-corrected chi connectivity index (χ2v) is 3.40. The Labute approximate surface area is 89.3 Å². The van der Waals surface area contributed by atoms with Crippen molar-refractivity contribution in [3.8, 4) is 0 Å². The lowest BCUT2D eigenvalue weighted by atomic mass is 10.4. The zero-order valence-electron chi connectivity index (χ0n) is 8.46. The van der Waals surface area contributed by atoms with Crippen LogP contribution in [0.2, 0.25) is 0 Å². The van der Waals surface area contributed by atoms with Crippen LogP contribution in [0.3, 0.4) is 0 Å². The molecule has 3 nitrogen and oxygen atoms in total. The highest BCUT2D eigenvalue weighted by Crippen LogP contribution is 2.00. The van der Waals surface area contributed by atoms with E-state index in [2.05, 4.69) is 6.58 Å². The summed E-state index contributed by atoms with van der Waals surface area (Å²) in [4.78, 5) is 10.9. The first-order valence-corrected chi connectivity index (χ1v) is 4.71. The first-order chi connectivity index (χ1) is 6.57. The third-order valence-corrected chi connectivity index (χ3v) is 1.51. The van der Waals surface area contributed by atoms with Crippen molar-refractivity contribution in [2.24, 2.45) is 0 Å². The number of alkyl halides is 1. The minimum absolute atomic E-state index is 0.130. The topological polar surface area (TPSA) is 35.5 Å². The Morgan fingerprint density at radius 1 is 1.57 bits per heavy atom. The highest BCUT2D eigenvalue weighted by Gasteiger charge is 2.09. The molecule has 0 aromatic heterocycles. The predicted octanol–water partition coefficient (Wildman–Crippen LogP) is 2.26. The predicted molar refractivity (Wildman–Crippen MR) is 56.2 cm³/mol. The lowest BCUT2D eigenvalue weighted by Gasteiger charge is -2.09. The number of esters is 1. The fourth-order valence-corrected chi connectivity index (χ4v) is 0.729. The number of hydrogen-bond acceptors (Lipinski definition) is 3. The van der Waals surface area contributed by atoms with Gasteiger partial charge in [-0.1, -0.05) is 12.7 Å². The standard InChI is InChI=1S/C10H15ClO3/c1-4-5-13-6-9(11)7-14-10(12)8(2)3/h4-5,9H,2,6-7H2,1,3H3. The molecule has 4 heteroatoms. The van der Waals surface area contributed by atoms with E-state index in [1.54, 1.807) is 13.0 Å². The van der Waals surface area contributed by atoms with E-state index in [1.165, 1.54) is 6.26 Å². The van der Waals surface area contributed by atoms with Gasteiger partial charge in [-0.15, -0.1) is 11.6 Å². The van der Waals surface area contributed by atoms with E-state index in [0.717, 1.165) is 0 Å². The van der Waals surface area contributed by atoms with Crippen LogP contribution in [0.25, 0.3) is 0 Å². The molecule has 80 valence electrons. The molecule has 1 atom stereocenters. The summed E-state index contributed by atoms with van der Waals surface area (Å²) in [5, 5.41) is -0.338. The lowest BCUT2D eigenvalue weighted by Crippen LogP contribution is -2.18. The summed E-state index contributed by atoms with van der Waals surface area (Å²) in [5.41, 5.74) is 0.364. The van der Waals surface area contributed by atoms with Gasteiger partial charge in [0.1, 0.15) is 18.6 Å². The molecule has 0 heterocycles. The third kappa shape index (κ3) is 6.54. The third-order valence-electron chi connectivity index (χ3n) is 1.25. The van der Waals surface area contributed by atoms with Crippen molar-refractivity contribution in [2.45, 2.75) is 19.2 Å². The van der Waals surface area contributed by atoms with Crippen LogP contribution in [-0.4, -0.2) is 24.6 Å². The molecule has 0 aliphatic carbocycles. The van der Waals surface area contributed by atoms with Crippen LogP contribution in [0.15, 0.2) is 24.5 Å². The van der Waals surface area contributed by atoms with Gasteiger partial charge >= 0.3 is 5.97 Å². The van der Waals surface area contributed by atoms with Gasteiger partial charge in [0.15, 0.2) is 0 Å². The Morgan fingerprint density at radius 3 is 2.71 bits per heavy atom. The summed E-state index contributed by atoms with van der Waals surface area (Å²) in [6.07, 6.45) is 3.29. The highest BCUT2D eigenvalue weighted by atomic mass is 35.5. The van der Waals surface area contributed by atoms with Crippen LogP contribution in [-0.2, 0) is 14.3 Å². The van der Waals surface area contributed by atoms with Gasteiger partial charge in [0.25, 0.3) is 0 Å². The summed E-state index contributed by atoms with van der Waals surface area (Å²) >= 11 is 5.80. The second-order valence-electron chi connectivity index (χ2n) is 2.78. The van der Waals surface area contributed by atoms with Crippen molar-refractivity contribution in [1.29, 1.82) is 0 Å². The number of allylic oxidation sites excluding steroid dienone is 1.